The standard InChI is InChI=1S/C14H16N2O3/c1-14(2,3)19-11-7-10(13(17)18)16-12-8(11)5-4-6-9(12)15/h4-7H,15H2,1-3H3,(H,17,18). The Hall–Kier alpha value is -2.30. The van der Waals surface area contributed by atoms with Crippen molar-refractivity contribution in [3.8, 4) is 5.75 Å². The fraction of sp³-hybridized carbons (Fsp3) is 0.286. The predicted molar refractivity (Wildman–Crippen MR) is 73.5 cm³/mol. The topological polar surface area (TPSA) is 85.4 Å². The van der Waals surface area contributed by atoms with Crippen molar-refractivity contribution in [2.24, 2.45) is 0 Å². The minimum Gasteiger partial charge on any atom is -0.487 e. The first-order valence-corrected chi connectivity index (χ1v) is 5.89. The summed E-state index contributed by atoms with van der Waals surface area (Å²) in [6.07, 6.45) is 0. The second kappa shape index (κ2) is 4.42. The van der Waals surface area contributed by atoms with E-state index in [4.69, 9.17) is 15.6 Å². The maximum atomic E-state index is 11.1. The van der Waals surface area contributed by atoms with Crippen LogP contribution in [0, 0.1) is 0 Å². The summed E-state index contributed by atoms with van der Waals surface area (Å²) in [5.74, 6) is -0.633. The van der Waals surface area contributed by atoms with Gasteiger partial charge in [-0.15, -0.1) is 0 Å². The van der Waals surface area contributed by atoms with Crippen molar-refractivity contribution in [3.05, 3.63) is 30.0 Å². The lowest BCUT2D eigenvalue weighted by molar-refractivity contribution is 0.0688. The van der Waals surface area contributed by atoms with E-state index < -0.39 is 11.6 Å². The molecule has 2 rings (SSSR count). The van der Waals surface area contributed by atoms with Crippen LogP contribution >= 0.6 is 0 Å². The second-order valence-corrected chi connectivity index (χ2v) is 5.27. The largest absolute Gasteiger partial charge is 0.487 e. The Balaban J connectivity index is 2.72. The number of rotatable bonds is 2. The molecule has 5 heteroatoms. The molecule has 0 fully saturated rings. The lowest BCUT2D eigenvalue weighted by atomic mass is 10.1. The highest BCUT2D eigenvalue weighted by Gasteiger charge is 2.18. The summed E-state index contributed by atoms with van der Waals surface area (Å²) in [6, 6.07) is 6.71. The van der Waals surface area contributed by atoms with E-state index >= 15 is 0 Å². The third kappa shape index (κ3) is 2.76. The number of hydrogen-bond donors (Lipinski definition) is 2. The van der Waals surface area contributed by atoms with Gasteiger partial charge in [-0.3, -0.25) is 0 Å². The number of benzene rings is 1. The van der Waals surface area contributed by atoms with Crippen molar-refractivity contribution in [1.82, 2.24) is 4.98 Å². The average molecular weight is 260 g/mol. The van der Waals surface area contributed by atoms with Crippen LogP contribution in [0.1, 0.15) is 31.3 Å². The van der Waals surface area contributed by atoms with Crippen molar-refractivity contribution in [1.29, 1.82) is 0 Å². The van der Waals surface area contributed by atoms with Gasteiger partial charge in [0.25, 0.3) is 0 Å². The van der Waals surface area contributed by atoms with Crippen molar-refractivity contribution >= 4 is 22.6 Å². The van der Waals surface area contributed by atoms with Crippen molar-refractivity contribution in [2.45, 2.75) is 26.4 Å². The molecule has 0 aliphatic carbocycles. The minimum atomic E-state index is -1.11. The number of pyridine rings is 1. The first kappa shape index (κ1) is 13.1. The summed E-state index contributed by atoms with van der Waals surface area (Å²) in [6.45, 7) is 5.68. The number of carboxylic acid groups (broad SMARTS) is 1. The zero-order valence-corrected chi connectivity index (χ0v) is 11.1. The van der Waals surface area contributed by atoms with E-state index in [1.54, 1.807) is 12.1 Å². The number of para-hydroxylation sites is 1. The summed E-state index contributed by atoms with van der Waals surface area (Å²) in [4.78, 5) is 15.2. The van der Waals surface area contributed by atoms with E-state index in [0.717, 1.165) is 0 Å². The molecule has 0 radical (unpaired) electrons. The molecule has 1 aromatic heterocycles. The van der Waals surface area contributed by atoms with Crippen LogP contribution in [0.25, 0.3) is 10.9 Å². The summed E-state index contributed by atoms with van der Waals surface area (Å²) in [5.41, 5.74) is 6.21. The molecule has 2 aromatic rings. The van der Waals surface area contributed by atoms with Crippen LogP contribution in [0.5, 0.6) is 5.75 Å². The normalized spacial score (nSPS) is 11.5. The average Bonchev–Trinajstić information content (AvgIpc) is 2.27. The van der Waals surface area contributed by atoms with Crippen LogP contribution in [0.4, 0.5) is 5.69 Å². The second-order valence-electron chi connectivity index (χ2n) is 5.27. The third-order valence-corrected chi connectivity index (χ3v) is 2.47. The fourth-order valence-electron chi connectivity index (χ4n) is 1.76. The minimum absolute atomic E-state index is 0.0790. The lowest BCUT2D eigenvalue weighted by Crippen LogP contribution is -2.23. The Morgan fingerprint density at radius 3 is 2.63 bits per heavy atom. The number of aromatic carboxylic acids is 1. The van der Waals surface area contributed by atoms with Crippen molar-refractivity contribution in [3.63, 3.8) is 0 Å². The Kier molecular flexibility index (Phi) is 3.06. The SMILES string of the molecule is CC(C)(C)Oc1cc(C(=O)O)nc2c(N)cccc12. The van der Waals surface area contributed by atoms with Crippen molar-refractivity contribution in [2.75, 3.05) is 5.73 Å². The van der Waals surface area contributed by atoms with Gasteiger partial charge in [0.15, 0.2) is 5.69 Å². The smallest absolute Gasteiger partial charge is 0.354 e. The van der Waals surface area contributed by atoms with E-state index in [9.17, 15) is 4.79 Å². The number of ether oxygens (including phenoxy) is 1. The molecule has 3 N–H and O–H groups in total. The molecule has 0 saturated heterocycles. The van der Waals surface area contributed by atoms with E-state index in [1.165, 1.54) is 6.07 Å². The molecule has 0 spiro atoms. The van der Waals surface area contributed by atoms with Gasteiger partial charge in [-0.05, 0) is 32.9 Å². The van der Waals surface area contributed by atoms with Gasteiger partial charge in [-0.2, -0.15) is 0 Å². The highest BCUT2D eigenvalue weighted by Crippen LogP contribution is 2.31. The number of aromatic nitrogens is 1. The van der Waals surface area contributed by atoms with Gasteiger partial charge in [0, 0.05) is 11.5 Å². The summed E-state index contributed by atoms with van der Waals surface area (Å²) in [5, 5.41) is 9.81. The number of carbonyl (C=O) groups is 1. The number of fused-ring (bicyclic) bond motifs is 1. The zero-order chi connectivity index (χ0) is 14.2. The highest BCUT2D eigenvalue weighted by atomic mass is 16.5. The van der Waals surface area contributed by atoms with Gasteiger partial charge in [-0.1, -0.05) is 6.07 Å². The predicted octanol–water partition coefficient (Wildman–Crippen LogP) is 2.69. The molecule has 5 nitrogen and oxygen atoms in total. The zero-order valence-electron chi connectivity index (χ0n) is 11.1. The quantitative estimate of drug-likeness (QED) is 0.811. The maximum Gasteiger partial charge on any atom is 0.354 e. The lowest BCUT2D eigenvalue weighted by Gasteiger charge is -2.22. The fourth-order valence-corrected chi connectivity index (χ4v) is 1.76. The Morgan fingerprint density at radius 2 is 2.05 bits per heavy atom. The highest BCUT2D eigenvalue weighted by molar-refractivity contribution is 5.97. The monoisotopic (exact) mass is 260 g/mol. The van der Waals surface area contributed by atoms with Gasteiger partial charge in [0.05, 0.1) is 11.2 Å². The number of nitrogen functional groups attached to an aromatic ring is 1. The Bertz CT molecular complexity index is 645. The number of hydrogen-bond acceptors (Lipinski definition) is 4. The molecule has 0 aliphatic rings. The first-order chi connectivity index (χ1) is 8.78. The van der Waals surface area contributed by atoms with Gasteiger partial charge in [0.2, 0.25) is 0 Å². The molecule has 0 amide bonds. The van der Waals surface area contributed by atoms with Crippen molar-refractivity contribution < 1.29 is 14.6 Å². The van der Waals surface area contributed by atoms with Gasteiger partial charge < -0.3 is 15.6 Å². The molecule has 1 heterocycles. The van der Waals surface area contributed by atoms with Gasteiger partial charge in [0.1, 0.15) is 11.4 Å². The molecule has 0 unspecified atom stereocenters. The molecule has 100 valence electrons. The van der Waals surface area contributed by atoms with E-state index in [-0.39, 0.29) is 5.69 Å². The van der Waals surface area contributed by atoms with Gasteiger partial charge >= 0.3 is 5.97 Å². The number of anilines is 1. The summed E-state index contributed by atoms with van der Waals surface area (Å²) in [7, 11) is 0. The van der Waals surface area contributed by atoms with E-state index in [2.05, 4.69) is 4.98 Å². The summed E-state index contributed by atoms with van der Waals surface area (Å²) >= 11 is 0. The molecule has 0 saturated carbocycles. The number of nitrogens with two attached hydrogens (primary N) is 1. The van der Waals surface area contributed by atoms with E-state index in [1.807, 2.05) is 26.8 Å². The molecule has 0 bridgehead atoms. The van der Waals surface area contributed by atoms with Crippen LogP contribution < -0.4 is 10.5 Å². The van der Waals surface area contributed by atoms with E-state index in [0.29, 0.717) is 22.3 Å². The third-order valence-electron chi connectivity index (χ3n) is 2.47. The van der Waals surface area contributed by atoms with Crippen LogP contribution in [0.2, 0.25) is 0 Å². The maximum absolute atomic E-state index is 11.1. The Labute approximate surface area is 111 Å². The Morgan fingerprint density at radius 1 is 1.37 bits per heavy atom. The molecule has 19 heavy (non-hydrogen) atoms. The number of nitrogens with zero attached hydrogens (tertiary/aromatic N) is 1. The van der Waals surface area contributed by atoms with Crippen LogP contribution in [0.3, 0.4) is 0 Å². The molecule has 1 aromatic carbocycles. The number of carboxylic acids is 1. The molecule has 0 aliphatic heterocycles. The van der Waals surface area contributed by atoms with Crippen LogP contribution in [-0.4, -0.2) is 21.7 Å². The molecular formula is C14H16N2O3. The molecule has 0 atom stereocenters. The van der Waals surface area contributed by atoms with Crippen LogP contribution in [-0.2, 0) is 0 Å². The summed E-state index contributed by atoms with van der Waals surface area (Å²) < 4.78 is 5.80. The van der Waals surface area contributed by atoms with Crippen LogP contribution in [0.15, 0.2) is 24.3 Å². The molecular weight excluding hydrogens is 244 g/mol. The van der Waals surface area contributed by atoms with Gasteiger partial charge in [-0.25, -0.2) is 9.78 Å². The first-order valence-electron chi connectivity index (χ1n) is 5.89.